The van der Waals surface area contributed by atoms with Gasteiger partial charge >= 0.3 is 0 Å². The minimum atomic E-state index is -0.313. The Labute approximate surface area is 164 Å². The van der Waals surface area contributed by atoms with Crippen LogP contribution in [0, 0.1) is 23.1 Å². The lowest BCUT2D eigenvalue weighted by Crippen LogP contribution is -2.29. The molecule has 1 saturated carbocycles. The maximum atomic E-state index is 13.4. The van der Waals surface area contributed by atoms with E-state index in [4.69, 9.17) is 5.26 Å². The molecule has 0 atom stereocenters. The molecule has 1 aromatic carbocycles. The normalized spacial score (nSPS) is 18.5. The monoisotopic (exact) mass is 389 g/mol. The topological polar surface area (TPSA) is 105 Å². The molecule has 3 heterocycles. The number of hydrogen-bond donors (Lipinski definition) is 1. The molecule has 9 heteroatoms. The lowest BCUT2D eigenvalue weighted by Gasteiger charge is -2.35. The summed E-state index contributed by atoms with van der Waals surface area (Å²) in [6.45, 7) is 0.173. The third kappa shape index (κ3) is 2.94. The van der Waals surface area contributed by atoms with E-state index in [0.717, 1.165) is 24.1 Å². The predicted molar refractivity (Wildman–Crippen MR) is 101 cm³/mol. The second kappa shape index (κ2) is 6.76. The molecule has 0 bridgehead atoms. The van der Waals surface area contributed by atoms with Crippen molar-refractivity contribution in [1.82, 2.24) is 29.4 Å². The van der Waals surface area contributed by atoms with Crippen molar-refractivity contribution in [2.45, 2.75) is 18.9 Å². The van der Waals surface area contributed by atoms with Gasteiger partial charge in [-0.25, -0.2) is 18.9 Å². The number of halogens is 1. The van der Waals surface area contributed by atoms with E-state index in [1.165, 1.54) is 16.6 Å². The van der Waals surface area contributed by atoms with Crippen molar-refractivity contribution in [3.8, 4) is 28.7 Å². The highest BCUT2D eigenvalue weighted by molar-refractivity contribution is 5.77. The molecule has 0 spiro atoms. The van der Waals surface area contributed by atoms with E-state index in [0.29, 0.717) is 17.0 Å². The summed E-state index contributed by atoms with van der Waals surface area (Å²) in [6, 6.07) is 9.91. The summed E-state index contributed by atoms with van der Waals surface area (Å²) < 4.78 is 17.0. The molecule has 29 heavy (non-hydrogen) atoms. The highest BCUT2D eigenvalue weighted by atomic mass is 19.1. The summed E-state index contributed by atoms with van der Waals surface area (Å²) in [5.41, 5.74) is 3.59. The number of fused-ring (bicyclic) bond motifs is 1. The molecule has 1 aliphatic carbocycles. The summed E-state index contributed by atoms with van der Waals surface area (Å²) in [4.78, 5) is 9.22. The van der Waals surface area contributed by atoms with Gasteiger partial charge in [-0.2, -0.15) is 5.26 Å². The number of aromatic nitrogens is 6. The molecule has 4 aromatic rings. The van der Waals surface area contributed by atoms with Gasteiger partial charge in [-0.15, -0.1) is 5.10 Å². The smallest absolute Gasteiger partial charge is 0.168 e. The molecule has 5 rings (SSSR count). The van der Waals surface area contributed by atoms with Crippen LogP contribution in [0.5, 0.6) is 0 Å². The van der Waals surface area contributed by atoms with Crippen molar-refractivity contribution in [1.29, 1.82) is 5.26 Å². The fourth-order valence-electron chi connectivity index (χ4n) is 3.76. The van der Waals surface area contributed by atoms with Crippen LogP contribution in [0.25, 0.3) is 28.3 Å². The lowest BCUT2D eigenvalue weighted by atomic mass is 9.80. The Morgan fingerprint density at radius 3 is 2.76 bits per heavy atom. The van der Waals surface area contributed by atoms with Crippen molar-refractivity contribution >= 4 is 5.65 Å². The van der Waals surface area contributed by atoms with Gasteiger partial charge in [0.05, 0.1) is 23.9 Å². The molecule has 0 unspecified atom stereocenters. The van der Waals surface area contributed by atoms with Crippen LogP contribution in [-0.4, -0.2) is 41.1 Å². The first-order chi connectivity index (χ1) is 14.2. The number of imidazole rings is 2. The molecule has 3 aromatic heterocycles. The van der Waals surface area contributed by atoms with Gasteiger partial charge in [-0.05, 0) is 43.0 Å². The van der Waals surface area contributed by atoms with Gasteiger partial charge in [-0.3, -0.25) is 0 Å². The summed E-state index contributed by atoms with van der Waals surface area (Å²) in [7, 11) is 0. The van der Waals surface area contributed by atoms with E-state index >= 15 is 0 Å². The van der Waals surface area contributed by atoms with Gasteiger partial charge < -0.3 is 9.67 Å². The van der Waals surface area contributed by atoms with Crippen LogP contribution >= 0.6 is 0 Å². The average molecular weight is 389 g/mol. The molecular formula is C20H16FN7O. The number of aliphatic hydroxyl groups excluding tert-OH is 1. The van der Waals surface area contributed by atoms with Crippen molar-refractivity contribution in [3.63, 3.8) is 0 Å². The Balaban J connectivity index is 1.66. The molecule has 144 valence electrons. The van der Waals surface area contributed by atoms with E-state index in [1.54, 1.807) is 30.7 Å². The number of nitriles is 1. The molecule has 1 N–H and O–H groups in total. The van der Waals surface area contributed by atoms with Crippen LogP contribution in [0.1, 0.15) is 24.6 Å². The second-order valence-electron chi connectivity index (χ2n) is 7.19. The van der Waals surface area contributed by atoms with Crippen LogP contribution in [0.2, 0.25) is 0 Å². The standard InChI is InChI=1S/C20H16FN7O/c21-14-3-1-13(2-4-14)19-20(27(11-23-19)16-5-12(6-16)10-29)17-9-28-18(24-17)7-15(8-22)25-26-28/h1-4,7,9,11-12,16,29H,5-6,10H2. The Bertz CT molecular complexity index is 1230. The molecule has 0 saturated heterocycles. The van der Waals surface area contributed by atoms with E-state index in [-0.39, 0.29) is 30.1 Å². The summed E-state index contributed by atoms with van der Waals surface area (Å²) >= 11 is 0. The largest absolute Gasteiger partial charge is 0.396 e. The SMILES string of the molecule is N#Cc1cc2nc(-c3c(-c4ccc(F)cc4)ncn3C3CC(CO)C3)cn2nn1. The minimum absolute atomic E-state index is 0.173. The van der Waals surface area contributed by atoms with Crippen LogP contribution in [0.4, 0.5) is 4.39 Å². The fraction of sp³-hybridized carbons (Fsp3) is 0.250. The van der Waals surface area contributed by atoms with Crippen molar-refractivity contribution in [2.75, 3.05) is 6.61 Å². The van der Waals surface area contributed by atoms with Crippen LogP contribution < -0.4 is 0 Å². The van der Waals surface area contributed by atoms with E-state index in [2.05, 4.69) is 24.8 Å². The van der Waals surface area contributed by atoms with E-state index in [9.17, 15) is 9.50 Å². The van der Waals surface area contributed by atoms with Crippen LogP contribution in [0.15, 0.2) is 42.9 Å². The first-order valence-corrected chi connectivity index (χ1v) is 9.23. The van der Waals surface area contributed by atoms with Gasteiger partial charge in [0.1, 0.15) is 17.6 Å². The van der Waals surface area contributed by atoms with Crippen molar-refractivity contribution in [3.05, 3.63) is 54.4 Å². The Morgan fingerprint density at radius 2 is 2.03 bits per heavy atom. The Hall–Kier alpha value is -3.64. The second-order valence-corrected chi connectivity index (χ2v) is 7.19. The Morgan fingerprint density at radius 1 is 1.24 bits per heavy atom. The minimum Gasteiger partial charge on any atom is -0.396 e. The summed E-state index contributed by atoms with van der Waals surface area (Å²) in [5, 5.41) is 26.3. The molecule has 1 aliphatic rings. The van der Waals surface area contributed by atoms with Crippen molar-refractivity contribution < 1.29 is 9.50 Å². The quantitative estimate of drug-likeness (QED) is 0.575. The zero-order valence-electron chi connectivity index (χ0n) is 15.3. The highest BCUT2D eigenvalue weighted by Crippen LogP contribution is 2.42. The zero-order chi connectivity index (χ0) is 20.0. The first-order valence-electron chi connectivity index (χ1n) is 9.23. The number of aliphatic hydroxyl groups is 1. The molecule has 1 fully saturated rings. The third-order valence-electron chi connectivity index (χ3n) is 5.36. The average Bonchev–Trinajstić information content (AvgIpc) is 3.31. The highest BCUT2D eigenvalue weighted by Gasteiger charge is 2.33. The van der Waals surface area contributed by atoms with E-state index in [1.807, 2.05) is 6.07 Å². The fourth-order valence-corrected chi connectivity index (χ4v) is 3.76. The van der Waals surface area contributed by atoms with Crippen LogP contribution in [0.3, 0.4) is 0 Å². The number of benzene rings is 1. The third-order valence-corrected chi connectivity index (χ3v) is 5.36. The maximum Gasteiger partial charge on any atom is 0.168 e. The van der Waals surface area contributed by atoms with Crippen molar-refractivity contribution in [2.24, 2.45) is 5.92 Å². The summed E-state index contributed by atoms with van der Waals surface area (Å²) in [5.74, 6) is -0.0267. The van der Waals surface area contributed by atoms with Gasteiger partial charge in [0.25, 0.3) is 0 Å². The van der Waals surface area contributed by atoms with Gasteiger partial charge in [0.2, 0.25) is 0 Å². The first kappa shape index (κ1) is 17.5. The van der Waals surface area contributed by atoms with Crippen LogP contribution in [-0.2, 0) is 0 Å². The molecule has 0 aliphatic heterocycles. The van der Waals surface area contributed by atoms with Gasteiger partial charge in [0, 0.05) is 24.3 Å². The number of nitrogens with zero attached hydrogens (tertiary/aromatic N) is 7. The molecule has 0 radical (unpaired) electrons. The van der Waals surface area contributed by atoms with Gasteiger partial charge in [-0.1, -0.05) is 5.21 Å². The predicted octanol–water partition coefficient (Wildman–Crippen LogP) is 2.61. The number of rotatable bonds is 4. The van der Waals surface area contributed by atoms with E-state index < -0.39 is 0 Å². The number of hydrogen-bond acceptors (Lipinski definition) is 6. The molecular weight excluding hydrogens is 373 g/mol. The Kier molecular flexibility index (Phi) is 4.07. The zero-order valence-corrected chi connectivity index (χ0v) is 15.3. The molecule has 8 nitrogen and oxygen atoms in total. The summed E-state index contributed by atoms with van der Waals surface area (Å²) in [6.07, 6.45) is 5.22. The maximum absolute atomic E-state index is 13.4. The lowest BCUT2D eigenvalue weighted by molar-refractivity contribution is 0.113. The van der Waals surface area contributed by atoms with Gasteiger partial charge in [0.15, 0.2) is 11.3 Å². The molecule has 0 amide bonds.